The van der Waals surface area contributed by atoms with Crippen molar-refractivity contribution < 1.29 is 8.78 Å². The maximum absolute atomic E-state index is 13.9. The van der Waals surface area contributed by atoms with Crippen LogP contribution in [0.2, 0.25) is 0 Å². The van der Waals surface area contributed by atoms with Gasteiger partial charge in [-0.05, 0) is 18.8 Å². The topological polar surface area (TPSA) is 28.2 Å². The molecule has 5 heteroatoms. The molecule has 0 spiro atoms. The van der Waals surface area contributed by atoms with Gasteiger partial charge in [0.2, 0.25) is 0 Å². The van der Waals surface area contributed by atoms with Crippen molar-refractivity contribution in [3.05, 3.63) is 17.7 Å². The fourth-order valence-corrected chi connectivity index (χ4v) is 2.40. The zero-order valence-corrected chi connectivity index (χ0v) is 11.5. The highest BCUT2D eigenvalue weighted by Crippen LogP contribution is 2.28. The molecule has 1 fully saturated rings. The van der Waals surface area contributed by atoms with Gasteiger partial charge in [-0.1, -0.05) is 20.3 Å². The summed E-state index contributed by atoms with van der Waals surface area (Å²) >= 11 is 0. The molecule has 1 aliphatic rings. The van der Waals surface area contributed by atoms with Gasteiger partial charge in [0, 0.05) is 25.7 Å². The third-order valence-corrected chi connectivity index (χ3v) is 3.62. The minimum atomic E-state index is -0.624. The first-order valence-electron chi connectivity index (χ1n) is 7.00. The van der Waals surface area contributed by atoms with E-state index in [1.807, 2.05) is 11.8 Å². The van der Waals surface area contributed by atoms with Gasteiger partial charge >= 0.3 is 0 Å². The van der Waals surface area contributed by atoms with Gasteiger partial charge in [-0.15, -0.1) is 0 Å². The van der Waals surface area contributed by atoms with Gasteiger partial charge in [0.1, 0.15) is 0 Å². The standard InChI is InChI=1S/C14H21F2N3/c1-3-6-17-13-11(15)8-12(16)14(18-13)19-7-5-10(4-2)9-19/h8,10H,3-7,9H2,1-2H3,(H,17,18). The summed E-state index contributed by atoms with van der Waals surface area (Å²) in [5, 5.41) is 2.90. The van der Waals surface area contributed by atoms with Crippen molar-refractivity contribution in [2.75, 3.05) is 29.9 Å². The van der Waals surface area contributed by atoms with E-state index in [-0.39, 0.29) is 11.6 Å². The molecule has 1 saturated heterocycles. The van der Waals surface area contributed by atoms with Crippen molar-refractivity contribution in [1.82, 2.24) is 4.98 Å². The number of rotatable bonds is 5. The molecule has 0 saturated carbocycles. The number of hydrogen-bond donors (Lipinski definition) is 1. The molecule has 1 aromatic rings. The predicted octanol–water partition coefficient (Wildman–Crippen LogP) is 3.42. The van der Waals surface area contributed by atoms with Crippen molar-refractivity contribution in [3.63, 3.8) is 0 Å². The van der Waals surface area contributed by atoms with Crippen LogP contribution >= 0.6 is 0 Å². The average molecular weight is 269 g/mol. The molecule has 2 rings (SSSR count). The Bertz CT molecular complexity index is 437. The number of halogens is 2. The summed E-state index contributed by atoms with van der Waals surface area (Å²) in [7, 11) is 0. The number of nitrogens with zero attached hydrogens (tertiary/aromatic N) is 2. The van der Waals surface area contributed by atoms with Crippen LogP contribution in [-0.2, 0) is 0 Å². The van der Waals surface area contributed by atoms with Crippen molar-refractivity contribution in [1.29, 1.82) is 0 Å². The molecule has 0 bridgehead atoms. The van der Waals surface area contributed by atoms with Crippen molar-refractivity contribution in [3.8, 4) is 0 Å². The van der Waals surface area contributed by atoms with Gasteiger partial charge in [0.15, 0.2) is 23.3 Å². The Balaban J connectivity index is 2.20. The van der Waals surface area contributed by atoms with E-state index in [9.17, 15) is 8.78 Å². The van der Waals surface area contributed by atoms with E-state index in [1.165, 1.54) is 0 Å². The SMILES string of the molecule is CCCNc1nc(N2CCC(CC)C2)c(F)cc1F. The van der Waals surface area contributed by atoms with Gasteiger partial charge < -0.3 is 10.2 Å². The van der Waals surface area contributed by atoms with E-state index in [4.69, 9.17) is 0 Å². The molecule has 1 atom stereocenters. The summed E-state index contributed by atoms with van der Waals surface area (Å²) in [5.74, 6) is -0.190. The summed E-state index contributed by atoms with van der Waals surface area (Å²) in [6.45, 7) is 6.35. The van der Waals surface area contributed by atoms with E-state index < -0.39 is 11.6 Å². The highest BCUT2D eigenvalue weighted by molar-refractivity contribution is 5.50. The minimum Gasteiger partial charge on any atom is -0.368 e. The zero-order chi connectivity index (χ0) is 13.8. The van der Waals surface area contributed by atoms with Gasteiger partial charge in [-0.2, -0.15) is 0 Å². The van der Waals surface area contributed by atoms with Crippen LogP contribution in [0.5, 0.6) is 0 Å². The molecule has 1 N–H and O–H groups in total. The first-order valence-corrected chi connectivity index (χ1v) is 7.00. The minimum absolute atomic E-state index is 0.151. The fourth-order valence-electron chi connectivity index (χ4n) is 2.40. The van der Waals surface area contributed by atoms with Crippen LogP contribution in [0, 0.1) is 17.6 Å². The van der Waals surface area contributed by atoms with E-state index in [0.29, 0.717) is 12.5 Å². The number of nitrogens with one attached hydrogen (secondary N) is 1. The molecule has 19 heavy (non-hydrogen) atoms. The molecule has 3 nitrogen and oxygen atoms in total. The second-order valence-electron chi connectivity index (χ2n) is 5.06. The van der Waals surface area contributed by atoms with Crippen LogP contribution in [-0.4, -0.2) is 24.6 Å². The Morgan fingerprint density at radius 1 is 1.37 bits per heavy atom. The van der Waals surface area contributed by atoms with Gasteiger partial charge in [-0.3, -0.25) is 0 Å². The molecular formula is C14H21F2N3. The van der Waals surface area contributed by atoms with Crippen molar-refractivity contribution in [2.24, 2.45) is 5.92 Å². The highest BCUT2D eigenvalue weighted by atomic mass is 19.1. The average Bonchev–Trinajstić information content (AvgIpc) is 2.86. The second kappa shape index (κ2) is 6.17. The Morgan fingerprint density at radius 2 is 2.16 bits per heavy atom. The molecule has 1 aliphatic heterocycles. The number of aromatic nitrogens is 1. The quantitative estimate of drug-likeness (QED) is 0.887. The van der Waals surface area contributed by atoms with Crippen LogP contribution in [0.25, 0.3) is 0 Å². The molecule has 106 valence electrons. The Labute approximate surface area is 113 Å². The lowest BCUT2D eigenvalue weighted by Gasteiger charge is -2.19. The molecule has 0 aliphatic carbocycles. The lowest BCUT2D eigenvalue weighted by molar-refractivity contribution is 0.559. The number of anilines is 2. The zero-order valence-electron chi connectivity index (χ0n) is 11.5. The van der Waals surface area contributed by atoms with Gasteiger partial charge in [-0.25, -0.2) is 13.8 Å². The molecule has 0 aromatic carbocycles. The van der Waals surface area contributed by atoms with Crippen LogP contribution in [0.1, 0.15) is 33.1 Å². The normalized spacial score (nSPS) is 18.9. The van der Waals surface area contributed by atoms with Crippen molar-refractivity contribution in [2.45, 2.75) is 33.1 Å². The summed E-state index contributed by atoms with van der Waals surface area (Å²) in [6.07, 6.45) is 3.00. The van der Waals surface area contributed by atoms with Crippen molar-refractivity contribution >= 4 is 11.6 Å². The molecule has 1 aromatic heterocycles. The fraction of sp³-hybridized carbons (Fsp3) is 0.643. The smallest absolute Gasteiger partial charge is 0.168 e. The summed E-state index contributed by atoms with van der Waals surface area (Å²) in [6, 6.07) is 0.930. The number of pyridine rings is 1. The highest BCUT2D eigenvalue weighted by Gasteiger charge is 2.25. The molecule has 0 amide bonds. The largest absolute Gasteiger partial charge is 0.368 e. The van der Waals surface area contributed by atoms with Crippen LogP contribution in [0.3, 0.4) is 0 Å². The van der Waals surface area contributed by atoms with Crippen LogP contribution < -0.4 is 10.2 Å². The summed E-state index contributed by atoms with van der Waals surface area (Å²) in [4.78, 5) is 6.04. The van der Waals surface area contributed by atoms with Gasteiger partial charge in [0.05, 0.1) is 0 Å². The first-order chi connectivity index (χ1) is 9.15. The molecule has 0 radical (unpaired) electrons. The maximum atomic E-state index is 13.9. The second-order valence-corrected chi connectivity index (χ2v) is 5.06. The monoisotopic (exact) mass is 269 g/mol. The van der Waals surface area contributed by atoms with Crippen LogP contribution in [0.4, 0.5) is 20.4 Å². The van der Waals surface area contributed by atoms with E-state index in [1.54, 1.807) is 0 Å². The Morgan fingerprint density at radius 3 is 2.79 bits per heavy atom. The summed E-state index contributed by atoms with van der Waals surface area (Å²) in [5.41, 5.74) is 0. The molecular weight excluding hydrogens is 248 g/mol. The number of hydrogen-bond acceptors (Lipinski definition) is 3. The predicted molar refractivity (Wildman–Crippen MR) is 73.5 cm³/mol. The van der Waals surface area contributed by atoms with E-state index >= 15 is 0 Å². The van der Waals surface area contributed by atoms with Crippen LogP contribution in [0.15, 0.2) is 6.07 Å². The maximum Gasteiger partial charge on any atom is 0.168 e. The lowest BCUT2D eigenvalue weighted by Crippen LogP contribution is -2.23. The third kappa shape index (κ3) is 3.14. The molecule has 2 heterocycles. The van der Waals surface area contributed by atoms with E-state index in [2.05, 4.69) is 17.2 Å². The molecule has 1 unspecified atom stereocenters. The first kappa shape index (κ1) is 14.0. The van der Waals surface area contributed by atoms with Gasteiger partial charge in [0.25, 0.3) is 0 Å². The third-order valence-electron chi connectivity index (χ3n) is 3.62. The Hall–Kier alpha value is -1.39. The lowest BCUT2D eigenvalue weighted by atomic mass is 10.1. The summed E-state index contributed by atoms with van der Waals surface area (Å²) < 4.78 is 27.5. The van der Waals surface area contributed by atoms with E-state index in [0.717, 1.165) is 38.4 Å². The Kier molecular flexibility index (Phi) is 4.56.